The number of nitrogens with zero attached hydrogens (tertiary/aromatic N) is 1. The Kier molecular flexibility index (Phi) is 3.81. The average Bonchev–Trinajstić information content (AvgIpc) is 2.55. The average molecular weight is 310 g/mol. The fraction of sp³-hybridized carbons (Fsp3) is 0.111. The van der Waals surface area contributed by atoms with Crippen LogP contribution in [-0.2, 0) is 6.54 Å². The van der Waals surface area contributed by atoms with Crippen molar-refractivity contribution in [3.05, 3.63) is 47.4 Å². The molecule has 0 N–H and O–H groups in total. The minimum atomic E-state index is -0.0407. The van der Waals surface area contributed by atoms with Crippen molar-refractivity contribution in [2.24, 2.45) is 0 Å². The number of hydrogen-bond acceptors (Lipinski definition) is 4. The summed E-state index contributed by atoms with van der Waals surface area (Å²) in [6.07, 6.45) is 0. The van der Waals surface area contributed by atoms with Gasteiger partial charge in [0.05, 0.1) is 16.6 Å². The highest BCUT2D eigenvalue weighted by atomic mass is 35.5. The van der Waals surface area contributed by atoms with Crippen LogP contribution >= 0.6 is 56.1 Å². The summed E-state index contributed by atoms with van der Waals surface area (Å²) in [5, 5.41) is 0.988. The summed E-state index contributed by atoms with van der Waals surface area (Å²) in [5.74, 6) is 0. The van der Waals surface area contributed by atoms with Gasteiger partial charge in [-0.2, -0.15) is 0 Å². The van der Waals surface area contributed by atoms with Gasteiger partial charge in [-0.3, -0.25) is 9.36 Å². The Morgan fingerprint density at radius 3 is 2.56 bits per heavy atom. The van der Waals surface area contributed by atoms with Gasteiger partial charge in [-0.1, -0.05) is 29.3 Å². The van der Waals surface area contributed by atoms with Crippen LogP contribution in [0.1, 0.15) is 5.56 Å². The normalized spacial score (nSPS) is 10.6. The summed E-state index contributed by atoms with van der Waals surface area (Å²) < 4.78 is 2.13. The first-order valence-corrected chi connectivity index (χ1v) is 7.53. The first-order valence-electron chi connectivity index (χ1n) is 4.22. The molecule has 1 aromatic carbocycles. The molecule has 1 aromatic heterocycles. The minimum Gasteiger partial charge on any atom is -0.276 e. The maximum atomic E-state index is 11.5. The zero-order valence-corrected chi connectivity index (χ0v) is 11.7. The maximum absolute atomic E-state index is 11.5. The molecule has 2 aromatic rings. The number of rotatable bonds is 2. The molecule has 0 spiro atoms. The molecule has 0 fully saturated rings. The number of aromatic nitrogens is 1. The van der Waals surface area contributed by atoms with Gasteiger partial charge in [0.15, 0.2) is 3.95 Å². The predicted octanol–water partition coefficient (Wildman–Crippen LogP) is 4.06. The van der Waals surface area contributed by atoms with E-state index in [4.69, 9.17) is 35.4 Å². The molecule has 0 saturated heterocycles. The van der Waals surface area contributed by atoms with Crippen molar-refractivity contribution in [2.45, 2.75) is 6.54 Å². The maximum Gasteiger partial charge on any atom is 0.319 e. The van der Waals surface area contributed by atoms with Gasteiger partial charge in [0.25, 0.3) is 0 Å². The van der Waals surface area contributed by atoms with Gasteiger partial charge in [-0.05, 0) is 50.6 Å². The lowest BCUT2D eigenvalue weighted by atomic mass is 10.2. The van der Waals surface area contributed by atoms with Crippen molar-refractivity contribution < 1.29 is 0 Å². The molecule has 0 aliphatic carbocycles. The molecule has 1 heterocycles. The molecule has 0 radical (unpaired) electrons. The van der Waals surface area contributed by atoms with Gasteiger partial charge < -0.3 is 0 Å². The molecular formula is C9H5Cl2NOS3. The van der Waals surface area contributed by atoms with E-state index in [1.807, 2.05) is 6.07 Å². The molecule has 0 bridgehead atoms. The number of halogens is 2. The summed E-state index contributed by atoms with van der Waals surface area (Å²) in [6, 6.07) is 5.29. The van der Waals surface area contributed by atoms with Crippen molar-refractivity contribution >= 4 is 56.1 Å². The second-order valence-corrected chi connectivity index (χ2v) is 6.56. The molecule has 0 aliphatic heterocycles. The van der Waals surface area contributed by atoms with Crippen molar-refractivity contribution in [3.8, 4) is 0 Å². The molecule has 0 saturated carbocycles. The Balaban J connectivity index is 2.38. The lowest BCUT2D eigenvalue weighted by Gasteiger charge is -2.03. The molecule has 0 unspecified atom stereocenters. The summed E-state index contributed by atoms with van der Waals surface area (Å²) in [4.78, 5) is 11.4. The summed E-state index contributed by atoms with van der Waals surface area (Å²) in [7, 11) is 2.45. The first kappa shape index (κ1) is 12.3. The smallest absolute Gasteiger partial charge is 0.276 e. The summed E-state index contributed by atoms with van der Waals surface area (Å²) in [6.45, 7) is 0.439. The van der Waals surface area contributed by atoms with Crippen LogP contribution in [0.15, 0.2) is 23.0 Å². The summed E-state index contributed by atoms with van der Waals surface area (Å²) >= 11 is 16.8. The highest BCUT2D eigenvalue weighted by Crippen LogP contribution is 2.23. The Morgan fingerprint density at radius 2 is 2.00 bits per heavy atom. The molecule has 2 nitrogen and oxygen atoms in total. The second kappa shape index (κ2) is 4.98. The van der Waals surface area contributed by atoms with Crippen LogP contribution in [0.2, 0.25) is 10.0 Å². The quantitative estimate of drug-likeness (QED) is 0.616. The van der Waals surface area contributed by atoms with E-state index in [-0.39, 0.29) is 4.87 Å². The Morgan fingerprint density at radius 1 is 1.25 bits per heavy atom. The molecule has 0 atom stereocenters. The van der Waals surface area contributed by atoms with Gasteiger partial charge >= 0.3 is 4.87 Å². The van der Waals surface area contributed by atoms with Crippen LogP contribution in [0, 0.1) is 3.95 Å². The topological polar surface area (TPSA) is 22.0 Å². The van der Waals surface area contributed by atoms with Crippen LogP contribution in [0.5, 0.6) is 0 Å². The van der Waals surface area contributed by atoms with E-state index >= 15 is 0 Å². The van der Waals surface area contributed by atoms with Crippen molar-refractivity contribution in [2.75, 3.05) is 0 Å². The molecule has 84 valence electrons. The van der Waals surface area contributed by atoms with Crippen molar-refractivity contribution in [3.63, 3.8) is 0 Å². The molecule has 0 aliphatic rings. The molecule has 2 rings (SSSR count). The third-order valence-corrected chi connectivity index (χ3v) is 5.44. The van der Waals surface area contributed by atoms with E-state index in [1.54, 1.807) is 16.7 Å². The van der Waals surface area contributed by atoms with Gasteiger partial charge in [-0.15, -0.1) is 0 Å². The van der Waals surface area contributed by atoms with Crippen LogP contribution in [0.4, 0.5) is 0 Å². The second-order valence-electron chi connectivity index (χ2n) is 3.03. The van der Waals surface area contributed by atoms with Crippen LogP contribution in [0.25, 0.3) is 0 Å². The standard InChI is InChI=1S/C9H5Cl2NOS3/c10-6-2-1-5(3-7(6)11)4-12-8(13)15-16-9(12)14/h1-3H,4H2. The van der Waals surface area contributed by atoms with E-state index in [2.05, 4.69) is 0 Å². The molecule has 7 heteroatoms. The Hall–Kier alpha value is -0.200. The van der Waals surface area contributed by atoms with E-state index < -0.39 is 0 Å². The number of hydrogen-bond donors (Lipinski definition) is 0. The van der Waals surface area contributed by atoms with E-state index in [9.17, 15) is 4.79 Å². The molecular weight excluding hydrogens is 305 g/mol. The third kappa shape index (κ3) is 2.55. The molecule has 16 heavy (non-hydrogen) atoms. The predicted molar refractivity (Wildman–Crippen MR) is 72.9 cm³/mol. The van der Waals surface area contributed by atoms with Crippen LogP contribution in [-0.4, -0.2) is 4.57 Å². The monoisotopic (exact) mass is 309 g/mol. The fourth-order valence-electron chi connectivity index (χ4n) is 1.19. The lowest BCUT2D eigenvalue weighted by molar-refractivity contribution is 0.780. The fourth-order valence-corrected chi connectivity index (χ4v) is 3.67. The van der Waals surface area contributed by atoms with Crippen LogP contribution in [0.3, 0.4) is 0 Å². The summed E-state index contributed by atoms with van der Waals surface area (Å²) in [5.41, 5.74) is 0.910. The van der Waals surface area contributed by atoms with E-state index in [0.29, 0.717) is 20.5 Å². The Labute approximate surface area is 114 Å². The SMILES string of the molecule is O=c1ssc(=S)n1Cc1ccc(Cl)c(Cl)c1. The zero-order valence-electron chi connectivity index (χ0n) is 7.78. The van der Waals surface area contributed by atoms with Crippen molar-refractivity contribution in [1.29, 1.82) is 0 Å². The van der Waals surface area contributed by atoms with E-state index in [1.165, 1.54) is 10.3 Å². The van der Waals surface area contributed by atoms with Gasteiger partial charge in [0.1, 0.15) is 0 Å². The lowest BCUT2D eigenvalue weighted by Crippen LogP contribution is -2.13. The minimum absolute atomic E-state index is 0.0407. The van der Waals surface area contributed by atoms with Gasteiger partial charge in [0, 0.05) is 0 Å². The zero-order chi connectivity index (χ0) is 11.7. The van der Waals surface area contributed by atoms with Gasteiger partial charge in [-0.25, -0.2) is 0 Å². The van der Waals surface area contributed by atoms with E-state index in [0.717, 1.165) is 15.9 Å². The van der Waals surface area contributed by atoms with Crippen LogP contribution < -0.4 is 4.87 Å². The number of benzene rings is 1. The molecule has 0 amide bonds. The highest BCUT2D eigenvalue weighted by molar-refractivity contribution is 7.79. The third-order valence-electron chi connectivity index (χ3n) is 1.95. The van der Waals surface area contributed by atoms with Gasteiger partial charge in [0.2, 0.25) is 0 Å². The largest absolute Gasteiger partial charge is 0.319 e. The highest BCUT2D eigenvalue weighted by Gasteiger charge is 2.04. The van der Waals surface area contributed by atoms with Crippen molar-refractivity contribution in [1.82, 2.24) is 4.57 Å². The first-order chi connectivity index (χ1) is 7.58. The Bertz CT molecular complexity index is 601.